The summed E-state index contributed by atoms with van der Waals surface area (Å²) in [6, 6.07) is 9.83. The number of pyridine rings is 1. The molecule has 4 nitrogen and oxygen atoms in total. The molecule has 0 aliphatic rings. The van der Waals surface area contributed by atoms with Crippen molar-refractivity contribution in [3.05, 3.63) is 59.7 Å². The highest BCUT2D eigenvalue weighted by Crippen LogP contribution is 2.07. The summed E-state index contributed by atoms with van der Waals surface area (Å²) in [5.74, 6) is 0.0834. The lowest BCUT2D eigenvalue weighted by Gasteiger charge is -2.09. The van der Waals surface area contributed by atoms with Gasteiger partial charge in [0.25, 0.3) is 5.91 Å². The molecule has 0 aliphatic heterocycles. The van der Waals surface area contributed by atoms with Gasteiger partial charge < -0.3 is 10.6 Å². The number of nitrogens with one attached hydrogen (secondary N) is 2. The van der Waals surface area contributed by atoms with E-state index in [1.807, 2.05) is 6.07 Å². The summed E-state index contributed by atoms with van der Waals surface area (Å²) >= 11 is 0. The molecule has 2 aromatic rings. The van der Waals surface area contributed by atoms with Gasteiger partial charge in [0.05, 0.1) is 11.9 Å². The van der Waals surface area contributed by atoms with Crippen LogP contribution in [0.4, 0.5) is 10.1 Å². The van der Waals surface area contributed by atoms with E-state index in [0.717, 1.165) is 17.8 Å². The first-order chi connectivity index (χ1) is 11.0. The zero-order chi connectivity index (χ0) is 16.7. The number of amides is 1. The second-order valence-electron chi connectivity index (χ2n) is 5.84. The number of aromatic nitrogens is 1. The molecule has 0 bridgehead atoms. The first kappa shape index (κ1) is 16.9. The molecule has 1 amide bonds. The van der Waals surface area contributed by atoms with Crippen LogP contribution < -0.4 is 10.6 Å². The van der Waals surface area contributed by atoms with E-state index in [1.54, 1.807) is 24.4 Å². The number of anilines is 1. The average molecular weight is 315 g/mol. The van der Waals surface area contributed by atoms with Crippen LogP contribution in [0.2, 0.25) is 0 Å². The number of rotatable bonds is 7. The standard InChI is InChI=1S/C18H22FN3O/c1-13(2)11-21-16-7-8-17(22-12-16)18(23)20-10-9-14-3-5-15(19)6-4-14/h3-8,12-13,21H,9-11H2,1-2H3,(H,20,23). The predicted octanol–water partition coefficient (Wildman–Crippen LogP) is 3.26. The molecule has 23 heavy (non-hydrogen) atoms. The lowest BCUT2D eigenvalue weighted by atomic mass is 10.1. The Labute approximate surface area is 136 Å². The quantitative estimate of drug-likeness (QED) is 0.824. The Morgan fingerprint density at radius 2 is 1.91 bits per heavy atom. The molecule has 1 heterocycles. The minimum atomic E-state index is -0.256. The Bertz CT molecular complexity index is 624. The van der Waals surface area contributed by atoms with Gasteiger partial charge in [0.1, 0.15) is 11.5 Å². The van der Waals surface area contributed by atoms with Gasteiger partial charge >= 0.3 is 0 Å². The SMILES string of the molecule is CC(C)CNc1ccc(C(=O)NCCc2ccc(F)cc2)nc1. The monoisotopic (exact) mass is 315 g/mol. The van der Waals surface area contributed by atoms with Crippen molar-refractivity contribution < 1.29 is 9.18 Å². The molecule has 0 unspecified atom stereocenters. The molecule has 0 fully saturated rings. The van der Waals surface area contributed by atoms with Crippen molar-refractivity contribution >= 4 is 11.6 Å². The molecule has 5 heteroatoms. The lowest BCUT2D eigenvalue weighted by Crippen LogP contribution is -2.26. The molecule has 122 valence electrons. The van der Waals surface area contributed by atoms with E-state index in [0.29, 0.717) is 24.6 Å². The first-order valence-electron chi connectivity index (χ1n) is 7.77. The summed E-state index contributed by atoms with van der Waals surface area (Å²) < 4.78 is 12.8. The number of hydrogen-bond acceptors (Lipinski definition) is 3. The van der Waals surface area contributed by atoms with Crippen molar-refractivity contribution in [2.24, 2.45) is 5.92 Å². The Morgan fingerprint density at radius 3 is 2.52 bits per heavy atom. The minimum Gasteiger partial charge on any atom is -0.384 e. The molecule has 2 rings (SSSR count). The summed E-state index contributed by atoms with van der Waals surface area (Å²) in [5, 5.41) is 6.07. The summed E-state index contributed by atoms with van der Waals surface area (Å²) in [6.07, 6.45) is 2.32. The highest BCUT2D eigenvalue weighted by atomic mass is 19.1. The minimum absolute atomic E-state index is 0.206. The van der Waals surface area contributed by atoms with Crippen molar-refractivity contribution in [1.82, 2.24) is 10.3 Å². The highest BCUT2D eigenvalue weighted by Gasteiger charge is 2.06. The molecule has 0 saturated heterocycles. The van der Waals surface area contributed by atoms with Gasteiger partial charge in [-0.05, 0) is 42.2 Å². The third-order valence-electron chi connectivity index (χ3n) is 3.32. The zero-order valence-corrected chi connectivity index (χ0v) is 13.5. The zero-order valence-electron chi connectivity index (χ0n) is 13.5. The van der Waals surface area contributed by atoms with E-state index < -0.39 is 0 Å². The molecule has 0 atom stereocenters. The largest absolute Gasteiger partial charge is 0.384 e. The van der Waals surface area contributed by atoms with Crippen molar-refractivity contribution in [3.8, 4) is 0 Å². The second-order valence-corrected chi connectivity index (χ2v) is 5.84. The molecule has 1 aromatic carbocycles. The van der Waals surface area contributed by atoms with Crippen molar-refractivity contribution in [2.75, 3.05) is 18.4 Å². The van der Waals surface area contributed by atoms with Crippen LogP contribution in [-0.4, -0.2) is 24.0 Å². The summed E-state index contributed by atoms with van der Waals surface area (Å²) in [6.45, 7) is 5.61. The Morgan fingerprint density at radius 1 is 1.17 bits per heavy atom. The molecular weight excluding hydrogens is 293 g/mol. The average Bonchev–Trinajstić information content (AvgIpc) is 2.55. The third-order valence-corrected chi connectivity index (χ3v) is 3.32. The van der Waals surface area contributed by atoms with Crippen LogP contribution >= 0.6 is 0 Å². The number of carbonyl (C=O) groups is 1. The fourth-order valence-corrected chi connectivity index (χ4v) is 2.02. The number of carbonyl (C=O) groups excluding carboxylic acids is 1. The molecule has 2 N–H and O–H groups in total. The first-order valence-corrected chi connectivity index (χ1v) is 7.77. The summed E-state index contributed by atoms with van der Waals surface area (Å²) in [4.78, 5) is 16.2. The van der Waals surface area contributed by atoms with Gasteiger partial charge in [0.15, 0.2) is 0 Å². The van der Waals surface area contributed by atoms with Crippen LogP contribution in [0.3, 0.4) is 0 Å². The number of benzene rings is 1. The van der Waals surface area contributed by atoms with Gasteiger partial charge in [-0.2, -0.15) is 0 Å². The smallest absolute Gasteiger partial charge is 0.269 e. The molecule has 0 radical (unpaired) electrons. The van der Waals surface area contributed by atoms with Crippen LogP contribution in [0.15, 0.2) is 42.6 Å². The Kier molecular flexibility index (Phi) is 6.09. The van der Waals surface area contributed by atoms with Gasteiger partial charge in [-0.1, -0.05) is 26.0 Å². The van der Waals surface area contributed by atoms with Crippen molar-refractivity contribution in [1.29, 1.82) is 0 Å². The normalized spacial score (nSPS) is 10.6. The highest BCUT2D eigenvalue weighted by molar-refractivity contribution is 5.92. The van der Waals surface area contributed by atoms with Gasteiger partial charge in [-0.25, -0.2) is 9.37 Å². The van der Waals surface area contributed by atoms with Crippen LogP contribution in [0, 0.1) is 11.7 Å². The Hall–Kier alpha value is -2.43. The van der Waals surface area contributed by atoms with Gasteiger partial charge in [0, 0.05) is 13.1 Å². The molecular formula is C18H22FN3O. The predicted molar refractivity (Wildman–Crippen MR) is 90.0 cm³/mol. The topological polar surface area (TPSA) is 54.0 Å². The van der Waals surface area contributed by atoms with E-state index in [-0.39, 0.29) is 11.7 Å². The van der Waals surface area contributed by atoms with E-state index in [1.165, 1.54) is 12.1 Å². The lowest BCUT2D eigenvalue weighted by molar-refractivity contribution is 0.0949. The number of hydrogen-bond donors (Lipinski definition) is 2. The Balaban J connectivity index is 1.80. The fraction of sp³-hybridized carbons (Fsp3) is 0.333. The van der Waals surface area contributed by atoms with E-state index >= 15 is 0 Å². The number of halogens is 1. The molecule has 0 aliphatic carbocycles. The van der Waals surface area contributed by atoms with Crippen LogP contribution in [0.25, 0.3) is 0 Å². The molecule has 0 saturated carbocycles. The molecule has 1 aromatic heterocycles. The van der Waals surface area contributed by atoms with E-state index in [4.69, 9.17) is 0 Å². The van der Waals surface area contributed by atoms with Gasteiger partial charge in [-0.3, -0.25) is 4.79 Å². The van der Waals surface area contributed by atoms with Gasteiger partial charge in [-0.15, -0.1) is 0 Å². The second kappa shape index (κ2) is 8.27. The summed E-state index contributed by atoms with van der Waals surface area (Å²) in [7, 11) is 0. The molecule has 0 spiro atoms. The van der Waals surface area contributed by atoms with Crippen molar-refractivity contribution in [3.63, 3.8) is 0 Å². The number of nitrogens with zero attached hydrogens (tertiary/aromatic N) is 1. The summed E-state index contributed by atoms with van der Waals surface area (Å²) in [5.41, 5.74) is 2.27. The fourth-order valence-electron chi connectivity index (χ4n) is 2.02. The van der Waals surface area contributed by atoms with E-state index in [2.05, 4.69) is 29.5 Å². The van der Waals surface area contributed by atoms with Crippen LogP contribution in [0.1, 0.15) is 29.9 Å². The third kappa shape index (κ3) is 5.70. The van der Waals surface area contributed by atoms with Crippen molar-refractivity contribution in [2.45, 2.75) is 20.3 Å². The maximum absolute atomic E-state index is 12.8. The van der Waals surface area contributed by atoms with Crippen LogP contribution in [0.5, 0.6) is 0 Å². The van der Waals surface area contributed by atoms with Crippen LogP contribution in [-0.2, 0) is 6.42 Å². The maximum Gasteiger partial charge on any atom is 0.269 e. The van der Waals surface area contributed by atoms with E-state index in [9.17, 15) is 9.18 Å². The maximum atomic E-state index is 12.8. The van der Waals surface area contributed by atoms with Gasteiger partial charge in [0.2, 0.25) is 0 Å².